The molecule has 18 heavy (non-hydrogen) atoms. The Kier molecular flexibility index (Phi) is 3.25. The molecule has 2 heterocycles. The van der Waals surface area contributed by atoms with Gasteiger partial charge in [0.1, 0.15) is 6.54 Å². The maximum absolute atomic E-state index is 5.89. The van der Waals surface area contributed by atoms with Crippen LogP contribution in [0.4, 0.5) is 0 Å². The third kappa shape index (κ3) is 2.37. The van der Waals surface area contributed by atoms with Gasteiger partial charge < -0.3 is 4.90 Å². The number of nitrogens with zero attached hydrogens (tertiary/aromatic N) is 4. The second kappa shape index (κ2) is 5.04. The molecule has 94 valence electrons. The monoisotopic (exact) mass is 264 g/mol. The number of halogens is 1. The van der Waals surface area contributed by atoms with Crippen LogP contribution in [-0.4, -0.2) is 33.3 Å². The number of tetrazole rings is 1. The van der Waals surface area contributed by atoms with E-state index in [0.29, 0.717) is 0 Å². The summed E-state index contributed by atoms with van der Waals surface area (Å²) in [6, 6.07) is 7.57. The number of rotatable bonds is 3. The minimum absolute atomic E-state index is 0.721. The summed E-state index contributed by atoms with van der Waals surface area (Å²) >= 11 is 5.89. The smallest absolute Gasteiger partial charge is 0.210 e. The molecule has 6 heteroatoms. The Labute approximate surface area is 110 Å². The molecular formula is C12H15ClN5+. The summed E-state index contributed by atoms with van der Waals surface area (Å²) < 4.78 is 1.79. The Morgan fingerprint density at radius 2 is 1.89 bits per heavy atom. The van der Waals surface area contributed by atoms with Crippen LogP contribution in [0, 0.1) is 0 Å². The third-order valence-electron chi connectivity index (χ3n) is 3.32. The van der Waals surface area contributed by atoms with Crippen LogP contribution in [0.25, 0.3) is 5.69 Å². The van der Waals surface area contributed by atoms with Crippen molar-refractivity contribution in [1.82, 2.24) is 20.2 Å². The van der Waals surface area contributed by atoms with Crippen molar-refractivity contribution in [1.29, 1.82) is 0 Å². The number of hydrogen-bond acceptors (Lipinski definition) is 3. The molecule has 0 atom stereocenters. The third-order valence-corrected chi connectivity index (χ3v) is 3.58. The summed E-state index contributed by atoms with van der Waals surface area (Å²) in [6.07, 6.45) is 2.61. The van der Waals surface area contributed by atoms with Crippen molar-refractivity contribution in [2.24, 2.45) is 0 Å². The molecule has 1 aliphatic heterocycles. The van der Waals surface area contributed by atoms with Crippen LogP contribution in [0.1, 0.15) is 18.7 Å². The molecule has 2 aromatic rings. The molecule has 0 radical (unpaired) electrons. The predicted molar refractivity (Wildman–Crippen MR) is 67.8 cm³/mol. The Hall–Kier alpha value is -1.46. The lowest BCUT2D eigenvalue weighted by Crippen LogP contribution is -3.08. The maximum atomic E-state index is 5.89. The van der Waals surface area contributed by atoms with Crippen LogP contribution in [0.3, 0.4) is 0 Å². The summed E-state index contributed by atoms with van der Waals surface area (Å²) in [6.45, 7) is 3.32. The zero-order valence-corrected chi connectivity index (χ0v) is 10.8. The van der Waals surface area contributed by atoms with E-state index in [1.54, 1.807) is 9.58 Å². The van der Waals surface area contributed by atoms with Gasteiger partial charge in [0.05, 0.1) is 18.8 Å². The number of benzene rings is 1. The zero-order valence-electron chi connectivity index (χ0n) is 10.0. The van der Waals surface area contributed by atoms with Crippen LogP contribution in [0.15, 0.2) is 24.3 Å². The van der Waals surface area contributed by atoms with Crippen molar-refractivity contribution in [3.8, 4) is 5.69 Å². The number of likely N-dealkylation sites (tertiary alicyclic amines) is 1. The molecule has 1 fully saturated rings. The molecule has 1 N–H and O–H groups in total. The van der Waals surface area contributed by atoms with E-state index < -0.39 is 0 Å². The van der Waals surface area contributed by atoms with Gasteiger partial charge in [0.2, 0.25) is 5.82 Å². The van der Waals surface area contributed by atoms with E-state index in [-0.39, 0.29) is 0 Å². The van der Waals surface area contributed by atoms with E-state index in [4.69, 9.17) is 11.6 Å². The molecule has 0 aliphatic carbocycles. The lowest BCUT2D eigenvalue weighted by molar-refractivity contribution is -0.902. The fourth-order valence-electron chi connectivity index (χ4n) is 2.37. The van der Waals surface area contributed by atoms with Gasteiger partial charge in [-0.1, -0.05) is 11.6 Å². The SMILES string of the molecule is Clc1ccc(-n2nnnc2C[NH+]2CCCC2)cc1. The van der Waals surface area contributed by atoms with Crippen molar-refractivity contribution < 1.29 is 4.90 Å². The first-order valence-corrected chi connectivity index (χ1v) is 6.57. The highest BCUT2D eigenvalue weighted by atomic mass is 35.5. The Balaban J connectivity index is 1.84. The molecule has 1 aromatic heterocycles. The standard InChI is InChI=1S/C12H14ClN5/c13-10-3-5-11(6-4-10)18-12(14-15-16-18)9-17-7-1-2-8-17/h3-6H,1-2,7-9H2/p+1. The topological polar surface area (TPSA) is 48.0 Å². The van der Waals surface area contributed by atoms with Crippen molar-refractivity contribution in [2.45, 2.75) is 19.4 Å². The van der Waals surface area contributed by atoms with Gasteiger partial charge in [0.25, 0.3) is 0 Å². The Morgan fingerprint density at radius 1 is 1.17 bits per heavy atom. The number of quaternary nitrogens is 1. The van der Waals surface area contributed by atoms with Gasteiger partial charge in [-0.25, -0.2) is 0 Å². The molecule has 0 saturated carbocycles. The molecule has 1 aliphatic rings. The lowest BCUT2D eigenvalue weighted by atomic mass is 10.3. The molecule has 5 nitrogen and oxygen atoms in total. The van der Waals surface area contributed by atoms with E-state index in [0.717, 1.165) is 23.1 Å². The minimum atomic E-state index is 0.721. The minimum Gasteiger partial charge on any atom is -0.329 e. The number of nitrogens with one attached hydrogen (secondary N) is 1. The maximum Gasteiger partial charge on any atom is 0.210 e. The van der Waals surface area contributed by atoms with E-state index in [9.17, 15) is 0 Å². The van der Waals surface area contributed by atoms with Crippen LogP contribution >= 0.6 is 11.6 Å². The van der Waals surface area contributed by atoms with Crippen LogP contribution in [-0.2, 0) is 6.54 Å². The molecule has 3 rings (SSSR count). The molecule has 0 amide bonds. The first-order valence-electron chi connectivity index (χ1n) is 6.20. The highest BCUT2D eigenvalue weighted by Gasteiger charge is 2.19. The first-order chi connectivity index (χ1) is 8.83. The second-order valence-electron chi connectivity index (χ2n) is 4.62. The highest BCUT2D eigenvalue weighted by molar-refractivity contribution is 6.30. The second-order valence-corrected chi connectivity index (χ2v) is 5.05. The zero-order chi connectivity index (χ0) is 12.4. The fraction of sp³-hybridized carbons (Fsp3) is 0.417. The normalized spacial score (nSPS) is 16.3. The molecule has 0 bridgehead atoms. The predicted octanol–water partition coefficient (Wildman–Crippen LogP) is 0.494. The van der Waals surface area contributed by atoms with Crippen molar-refractivity contribution >= 4 is 11.6 Å². The summed E-state index contributed by atoms with van der Waals surface area (Å²) in [5.74, 6) is 0.911. The molecule has 1 saturated heterocycles. The van der Waals surface area contributed by atoms with Gasteiger partial charge in [-0.3, -0.25) is 0 Å². The van der Waals surface area contributed by atoms with Gasteiger partial charge in [-0.05, 0) is 34.7 Å². The van der Waals surface area contributed by atoms with Crippen LogP contribution in [0.2, 0.25) is 5.02 Å². The van der Waals surface area contributed by atoms with Crippen molar-refractivity contribution in [2.75, 3.05) is 13.1 Å². The summed E-state index contributed by atoms with van der Waals surface area (Å²) in [7, 11) is 0. The summed E-state index contributed by atoms with van der Waals surface area (Å²) in [5, 5.41) is 12.7. The van der Waals surface area contributed by atoms with Gasteiger partial charge >= 0.3 is 0 Å². The molecule has 0 spiro atoms. The molecule has 0 unspecified atom stereocenters. The van der Waals surface area contributed by atoms with Gasteiger partial charge in [-0.2, -0.15) is 4.68 Å². The number of hydrogen-bond donors (Lipinski definition) is 1. The highest BCUT2D eigenvalue weighted by Crippen LogP contribution is 2.13. The largest absolute Gasteiger partial charge is 0.329 e. The van der Waals surface area contributed by atoms with Gasteiger partial charge in [0.15, 0.2) is 0 Å². The summed E-state index contributed by atoms with van der Waals surface area (Å²) in [5.41, 5.74) is 0.956. The quantitative estimate of drug-likeness (QED) is 0.878. The average molecular weight is 265 g/mol. The Morgan fingerprint density at radius 3 is 2.61 bits per heavy atom. The van der Waals surface area contributed by atoms with Gasteiger partial charge in [0, 0.05) is 17.9 Å². The first kappa shape index (κ1) is 11.6. The Bertz CT molecular complexity index is 516. The van der Waals surface area contributed by atoms with Gasteiger partial charge in [-0.15, -0.1) is 5.10 Å². The van der Waals surface area contributed by atoms with E-state index in [1.165, 1.54) is 25.9 Å². The lowest BCUT2D eigenvalue weighted by Gasteiger charge is -2.11. The van der Waals surface area contributed by atoms with Crippen LogP contribution < -0.4 is 4.90 Å². The van der Waals surface area contributed by atoms with E-state index >= 15 is 0 Å². The van der Waals surface area contributed by atoms with E-state index in [1.807, 2.05) is 24.3 Å². The van der Waals surface area contributed by atoms with E-state index in [2.05, 4.69) is 15.5 Å². The summed E-state index contributed by atoms with van der Waals surface area (Å²) in [4.78, 5) is 1.56. The fourth-order valence-corrected chi connectivity index (χ4v) is 2.50. The molecule has 1 aromatic carbocycles. The average Bonchev–Trinajstić information content (AvgIpc) is 3.02. The van der Waals surface area contributed by atoms with Crippen LogP contribution in [0.5, 0.6) is 0 Å². The van der Waals surface area contributed by atoms with Crippen molar-refractivity contribution in [3.63, 3.8) is 0 Å². The number of aromatic nitrogens is 4. The molecular weight excluding hydrogens is 250 g/mol. The van der Waals surface area contributed by atoms with Crippen molar-refractivity contribution in [3.05, 3.63) is 35.1 Å².